The molecule has 4 rings (SSSR count). The topological polar surface area (TPSA) is 41.6 Å². The molecular weight excluding hydrogens is 384 g/mol. The second-order valence-corrected chi connectivity index (χ2v) is 7.99. The molecule has 0 fully saturated rings. The van der Waals surface area contributed by atoms with Crippen LogP contribution in [0.3, 0.4) is 0 Å². The number of nitrogens with one attached hydrogen (secondary N) is 1. The second-order valence-electron chi connectivity index (χ2n) is 7.99. The van der Waals surface area contributed by atoms with E-state index in [2.05, 4.69) is 43.4 Å². The molecule has 1 atom stereocenters. The number of fused-ring (bicyclic) bond motifs is 1. The molecule has 3 aromatic rings. The molecule has 0 aromatic heterocycles. The van der Waals surface area contributed by atoms with E-state index >= 15 is 0 Å². The van der Waals surface area contributed by atoms with Gasteiger partial charge in [0, 0.05) is 12.2 Å². The van der Waals surface area contributed by atoms with Crippen LogP contribution < -0.4 is 10.1 Å². The highest BCUT2D eigenvalue weighted by Gasteiger charge is 2.44. The third-order valence-electron chi connectivity index (χ3n) is 6.03. The second kappa shape index (κ2) is 9.25. The maximum atomic E-state index is 13.5. The van der Waals surface area contributed by atoms with E-state index in [0.717, 1.165) is 53.9 Å². The summed E-state index contributed by atoms with van der Waals surface area (Å²) in [6, 6.07) is 26.1. The van der Waals surface area contributed by atoms with Gasteiger partial charge >= 0.3 is 0 Å². The lowest BCUT2D eigenvalue weighted by molar-refractivity contribution is 0.0478. The molecule has 0 radical (unpaired) electrons. The van der Waals surface area contributed by atoms with Crippen LogP contribution in [0.5, 0.6) is 5.75 Å². The maximum absolute atomic E-state index is 13.5. The van der Waals surface area contributed by atoms with Gasteiger partial charge < -0.3 is 15.0 Å². The molecule has 1 unspecified atom stereocenters. The number of rotatable bonds is 8. The largest absolute Gasteiger partial charge is 0.489 e. The summed E-state index contributed by atoms with van der Waals surface area (Å²) in [5.41, 5.74) is 3.27. The first-order valence-electron chi connectivity index (χ1n) is 11.1. The fraction of sp³-hybridized carbons (Fsp3) is 0.296. The molecule has 0 aliphatic carbocycles. The average molecular weight is 415 g/mol. The summed E-state index contributed by atoms with van der Waals surface area (Å²) < 4.78 is 5.97. The molecule has 0 saturated carbocycles. The summed E-state index contributed by atoms with van der Waals surface area (Å²) in [6.07, 6.45) is 2.77. The van der Waals surface area contributed by atoms with Crippen molar-refractivity contribution in [3.63, 3.8) is 0 Å². The Labute approximate surface area is 184 Å². The number of anilines is 1. The summed E-state index contributed by atoms with van der Waals surface area (Å²) in [5.74, 6) is 0.913. The van der Waals surface area contributed by atoms with Gasteiger partial charge in [0.15, 0.2) is 0 Å². The molecule has 1 aliphatic heterocycles. The molecule has 4 nitrogen and oxygen atoms in total. The number of para-hydroxylation sites is 1. The van der Waals surface area contributed by atoms with Crippen molar-refractivity contribution in [1.29, 1.82) is 0 Å². The van der Waals surface area contributed by atoms with Crippen molar-refractivity contribution in [2.24, 2.45) is 0 Å². The van der Waals surface area contributed by atoms with Crippen LogP contribution in [0.15, 0.2) is 78.9 Å². The van der Waals surface area contributed by atoms with E-state index in [1.807, 2.05) is 59.5 Å². The number of nitrogens with zero attached hydrogens (tertiary/aromatic N) is 1. The Balaban J connectivity index is 1.63. The predicted octanol–water partition coefficient (Wildman–Crippen LogP) is 6.20. The van der Waals surface area contributed by atoms with Crippen molar-refractivity contribution in [2.45, 2.75) is 45.4 Å². The lowest BCUT2D eigenvalue weighted by atomic mass is 9.89. The van der Waals surface area contributed by atoms with Crippen molar-refractivity contribution >= 4 is 11.6 Å². The van der Waals surface area contributed by atoms with Gasteiger partial charge in [-0.3, -0.25) is 4.79 Å². The lowest BCUT2D eigenvalue weighted by Crippen LogP contribution is -2.57. The van der Waals surface area contributed by atoms with Gasteiger partial charge in [-0.15, -0.1) is 0 Å². The number of ether oxygens (including phenoxy) is 1. The van der Waals surface area contributed by atoms with E-state index in [1.54, 1.807) is 0 Å². The Bertz CT molecular complexity index is 1020. The lowest BCUT2D eigenvalue weighted by Gasteiger charge is -2.48. The first-order chi connectivity index (χ1) is 15.2. The molecule has 0 saturated heterocycles. The Morgan fingerprint density at radius 3 is 2.32 bits per heavy atom. The average Bonchev–Trinajstić information content (AvgIpc) is 2.83. The third-order valence-corrected chi connectivity index (χ3v) is 6.03. The number of hydrogen-bond acceptors (Lipinski definition) is 3. The summed E-state index contributed by atoms with van der Waals surface area (Å²) >= 11 is 0. The number of carbonyl (C=O) groups is 1. The van der Waals surface area contributed by atoms with Gasteiger partial charge in [-0.05, 0) is 48.2 Å². The molecule has 1 N–H and O–H groups in total. The fourth-order valence-corrected chi connectivity index (χ4v) is 4.28. The van der Waals surface area contributed by atoms with Crippen molar-refractivity contribution in [2.75, 3.05) is 11.9 Å². The van der Waals surface area contributed by atoms with Crippen molar-refractivity contribution < 1.29 is 9.53 Å². The van der Waals surface area contributed by atoms with Crippen LogP contribution in [0.25, 0.3) is 0 Å². The SMILES string of the molecule is CCCCN1C(=O)c2ccccc2NC1(CC)c1ccc(OCc2ccccc2)cc1. The van der Waals surface area contributed by atoms with E-state index in [9.17, 15) is 4.79 Å². The minimum atomic E-state index is -0.571. The van der Waals surface area contributed by atoms with E-state index in [-0.39, 0.29) is 5.91 Å². The Hall–Kier alpha value is -3.27. The first kappa shape index (κ1) is 21.0. The number of carbonyl (C=O) groups excluding carboxylic acids is 1. The van der Waals surface area contributed by atoms with E-state index in [4.69, 9.17) is 4.74 Å². The number of benzene rings is 3. The molecule has 160 valence electrons. The van der Waals surface area contributed by atoms with Gasteiger partial charge in [0.2, 0.25) is 0 Å². The van der Waals surface area contributed by atoms with Crippen molar-refractivity contribution in [3.05, 3.63) is 95.6 Å². The molecule has 0 spiro atoms. The van der Waals surface area contributed by atoms with Crippen LogP contribution in [0.4, 0.5) is 5.69 Å². The molecule has 1 aliphatic rings. The quantitative estimate of drug-likeness (QED) is 0.477. The normalized spacial score (nSPS) is 17.7. The number of amides is 1. The third kappa shape index (κ3) is 4.15. The summed E-state index contributed by atoms with van der Waals surface area (Å²) in [7, 11) is 0. The summed E-state index contributed by atoms with van der Waals surface area (Å²) in [5, 5.41) is 3.71. The van der Waals surface area contributed by atoms with Crippen LogP contribution in [-0.4, -0.2) is 17.4 Å². The Morgan fingerprint density at radius 1 is 0.903 bits per heavy atom. The minimum absolute atomic E-state index is 0.0917. The van der Waals surface area contributed by atoms with E-state index < -0.39 is 5.66 Å². The van der Waals surface area contributed by atoms with Crippen LogP contribution in [0, 0.1) is 0 Å². The Morgan fingerprint density at radius 2 is 1.61 bits per heavy atom. The van der Waals surface area contributed by atoms with Crippen LogP contribution >= 0.6 is 0 Å². The highest BCUT2D eigenvalue weighted by atomic mass is 16.5. The monoisotopic (exact) mass is 414 g/mol. The molecular formula is C27H30N2O2. The number of unbranched alkanes of at least 4 members (excludes halogenated alkanes) is 1. The number of hydrogen-bond donors (Lipinski definition) is 1. The zero-order valence-electron chi connectivity index (χ0n) is 18.3. The standard InChI is InChI=1S/C27H30N2O2/c1-3-5-19-29-26(30)24-13-9-10-14-25(24)28-27(29,4-2)22-15-17-23(18-16-22)31-20-21-11-7-6-8-12-21/h6-18,28H,3-5,19-20H2,1-2H3. The van der Waals surface area contributed by atoms with Crippen molar-refractivity contribution in [1.82, 2.24) is 4.90 Å². The van der Waals surface area contributed by atoms with Gasteiger partial charge in [0.1, 0.15) is 18.0 Å². The van der Waals surface area contributed by atoms with Crippen LogP contribution in [-0.2, 0) is 12.3 Å². The van der Waals surface area contributed by atoms with Gasteiger partial charge in [-0.2, -0.15) is 0 Å². The van der Waals surface area contributed by atoms with Gasteiger partial charge in [0.25, 0.3) is 5.91 Å². The molecule has 3 aromatic carbocycles. The van der Waals surface area contributed by atoms with Crippen LogP contribution in [0.2, 0.25) is 0 Å². The van der Waals surface area contributed by atoms with Gasteiger partial charge in [0.05, 0.1) is 5.56 Å². The zero-order chi connectivity index (χ0) is 21.7. The van der Waals surface area contributed by atoms with Crippen molar-refractivity contribution in [3.8, 4) is 5.75 Å². The first-order valence-corrected chi connectivity index (χ1v) is 11.1. The van der Waals surface area contributed by atoms with Crippen LogP contribution in [0.1, 0.15) is 54.6 Å². The maximum Gasteiger partial charge on any atom is 0.258 e. The molecule has 1 amide bonds. The highest BCUT2D eigenvalue weighted by molar-refractivity contribution is 6.02. The fourth-order valence-electron chi connectivity index (χ4n) is 4.28. The summed E-state index contributed by atoms with van der Waals surface area (Å²) in [4.78, 5) is 15.5. The summed E-state index contributed by atoms with van der Waals surface area (Å²) in [6.45, 7) is 5.54. The molecule has 1 heterocycles. The predicted molar refractivity (Wildman–Crippen MR) is 125 cm³/mol. The molecule has 0 bridgehead atoms. The smallest absolute Gasteiger partial charge is 0.258 e. The zero-order valence-corrected chi connectivity index (χ0v) is 18.3. The minimum Gasteiger partial charge on any atom is -0.489 e. The molecule has 31 heavy (non-hydrogen) atoms. The Kier molecular flexibility index (Phi) is 6.26. The van der Waals surface area contributed by atoms with Gasteiger partial charge in [-0.25, -0.2) is 0 Å². The highest BCUT2D eigenvalue weighted by Crippen LogP contribution is 2.40. The van der Waals surface area contributed by atoms with E-state index in [1.165, 1.54) is 0 Å². The molecule has 4 heteroatoms. The van der Waals surface area contributed by atoms with Gasteiger partial charge in [-0.1, -0.05) is 74.9 Å². The van der Waals surface area contributed by atoms with E-state index in [0.29, 0.717) is 6.61 Å².